The lowest BCUT2D eigenvalue weighted by Gasteiger charge is -2.11. The van der Waals surface area contributed by atoms with Gasteiger partial charge >= 0.3 is 0 Å². The molecule has 0 aromatic rings. The SMILES string of the molecule is CC(N)CCCC(=O)NCC1CCC(C)C1. The second-order valence-electron chi connectivity index (χ2n) is 5.46. The molecule has 1 aliphatic carbocycles. The minimum absolute atomic E-state index is 0.195. The Morgan fingerprint density at radius 1 is 1.50 bits per heavy atom. The fraction of sp³-hybridized carbons (Fsp3) is 0.923. The lowest BCUT2D eigenvalue weighted by atomic mass is 10.1. The van der Waals surface area contributed by atoms with E-state index in [4.69, 9.17) is 5.73 Å². The molecular formula is C13H26N2O. The monoisotopic (exact) mass is 226 g/mol. The lowest BCUT2D eigenvalue weighted by Crippen LogP contribution is -2.28. The Bertz CT molecular complexity index is 216. The maximum atomic E-state index is 11.5. The van der Waals surface area contributed by atoms with Crippen molar-refractivity contribution in [2.75, 3.05) is 6.54 Å². The molecule has 16 heavy (non-hydrogen) atoms. The average molecular weight is 226 g/mol. The zero-order valence-electron chi connectivity index (χ0n) is 10.7. The third-order valence-corrected chi connectivity index (χ3v) is 3.45. The van der Waals surface area contributed by atoms with Gasteiger partial charge in [-0.25, -0.2) is 0 Å². The van der Waals surface area contributed by atoms with Gasteiger partial charge in [0.2, 0.25) is 5.91 Å². The van der Waals surface area contributed by atoms with Gasteiger partial charge in [0.1, 0.15) is 0 Å². The lowest BCUT2D eigenvalue weighted by molar-refractivity contribution is -0.121. The zero-order valence-corrected chi connectivity index (χ0v) is 10.7. The van der Waals surface area contributed by atoms with E-state index >= 15 is 0 Å². The van der Waals surface area contributed by atoms with Crippen LogP contribution in [0.1, 0.15) is 52.4 Å². The highest BCUT2D eigenvalue weighted by molar-refractivity contribution is 5.75. The summed E-state index contributed by atoms with van der Waals surface area (Å²) >= 11 is 0. The van der Waals surface area contributed by atoms with E-state index in [1.807, 2.05) is 6.92 Å². The number of nitrogens with two attached hydrogens (primary N) is 1. The van der Waals surface area contributed by atoms with Crippen molar-refractivity contribution in [2.45, 2.75) is 58.4 Å². The summed E-state index contributed by atoms with van der Waals surface area (Å²) in [5.74, 6) is 1.76. The molecular weight excluding hydrogens is 200 g/mol. The molecule has 0 bridgehead atoms. The van der Waals surface area contributed by atoms with E-state index in [-0.39, 0.29) is 11.9 Å². The second-order valence-corrected chi connectivity index (χ2v) is 5.46. The molecule has 1 fully saturated rings. The Kier molecular flexibility index (Phi) is 5.81. The van der Waals surface area contributed by atoms with Crippen molar-refractivity contribution in [3.05, 3.63) is 0 Å². The average Bonchev–Trinajstić information content (AvgIpc) is 2.61. The highest BCUT2D eigenvalue weighted by atomic mass is 16.1. The van der Waals surface area contributed by atoms with Gasteiger partial charge in [0.15, 0.2) is 0 Å². The Morgan fingerprint density at radius 3 is 2.81 bits per heavy atom. The van der Waals surface area contributed by atoms with Crippen molar-refractivity contribution in [1.82, 2.24) is 5.32 Å². The zero-order chi connectivity index (χ0) is 12.0. The van der Waals surface area contributed by atoms with Crippen LogP contribution < -0.4 is 11.1 Å². The van der Waals surface area contributed by atoms with Crippen LogP contribution in [0.2, 0.25) is 0 Å². The molecule has 3 atom stereocenters. The maximum Gasteiger partial charge on any atom is 0.220 e. The minimum atomic E-state index is 0.195. The number of nitrogens with one attached hydrogen (secondary N) is 1. The van der Waals surface area contributed by atoms with Crippen molar-refractivity contribution in [3.8, 4) is 0 Å². The summed E-state index contributed by atoms with van der Waals surface area (Å²) in [4.78, 5) is 11.5. The third-order valence-electron chi connectivity index (χ3n) is 3.45. The van der Waals surface area contributed by atoms with Gasteiger partial charge in [-0.05, 0) is 44.4 Å². The number of carbonyl (C=O) groups is 1. The highest BCUT2D eigenvalue weighted by Crippen LogP contribution is 2.29. The van der Waals surface area contributed by atoms with Crippen LogP contribution in [0.15, 0.2) is 0 Å². The molecule has 3 N–H and O–H groups in total. The number of hydrogen-bond acceptors (Lipinski definition) is 2. The van der Waals surface area contributed by atoms with Gasteiger partial charge in [-0.15, -0.1) is 0 Å². The molecule has 1 saturated carbocycles. The Morgan fingerprint density at radius 2 is 2.25 bits per heavy atom. The predicted molar refractivity (Wildman–Crippen MR) is 67.0 cm³/mol. The van der Waals surface area contributed by atoms with Gasteiger partial charge in [-0.2, -0.15) is 0 Å². The first kappa shape index (κ1) is 13.5. The van der Waals surface area contributed by atoms with Crippen LogP contribution in [0.25, 0.3) is 0 Å². The van der Waals surface area contributed by atoms with E-state index in [1.54, 1.807) is 0 Å². The Balaban J connectivity index is 2.02. The number of amides is 1. The summed E-state index contributed by atoms with van der Waals surface area (Å²) in [5, 5.41) is 3.04. The van der Waals surface area contributed by atoms with Crippen molar-refractivity contribution in [1.29, 1.82) is 0 Å². The fourth-order valence-electron chi connectivity index (χ4n) is 2.44. The van der Waals surface area contributed by atoms with Gasteiger partial charge in [0, 0.05) is 19.0 Å². The molecule has 94 valence electrons. The van der Waals surface area contributed by atoms with Crippen molar-refractivity contribution in [2.24, 2.45) is 17.6 Å². The summed E-state index contributed by atoms with van der Waals surface area (Å²) in [6, 6.07) is 0.212. The second kappa shape index (κ2) is 6.89. The molecule has 1 aliphatic rings. The van der Waals surface area contributed by atoms with Crippen LogP contribution in [0.3, 0.4) is 0 Å². The summed E-state index contributed by atoms with van der Waals surface area (Å²) in [7, 11) is 0. The summed E-state index contributed by atoms with van der Waals surface area (Å²) in [6.07, 6.45) is 6.36. The van der Waals surface area contributed by atoms with E-state index < -0.39 is 0 Å². The van der Waals surface area contributed by atoms with Crippen LogP contribution in [0, 0.1) is 11.8 Å². The largest absolute Gasteiger partial charge is 0.356 e. The van der Waals surface area contributed by atoms with Gasteiger partial charge in [-0.3, -0.25) is 4.79 Å². The molecule has 0 aromatic carbocycles. The molecule has 1 amide bonds. The van der Waals surface area contributed by atoms with Crippen molar-refractivity contribution in [3.63, 3.8) is 0 Å². The van der Waals surface area contributed by atoms with Crippen LogP contribution in [-0.2, 0) is 4.79 Å². The van der Waals surface area contributed by atoms with E-state index in [1.165, 1.54) is 19.3 Å². The first-order valence-corrected chi connectivity index (χ1v) is 6.60. The molecule has 3 nitrogen and oxygen atoms in total. The Hall–Kier alpha value is -0.570. The molecule has 0 radical (unpaired) electrons. The smallest absolute Gasteiger partial charge is 0.220 e. The first-order chi connectivity index (χ1) is 7.58. The van der Waals surface area contributed by atoms with Crippen LogP contribution in [-0.4, -0.2) is 18.5 Å². The van der Waals surface area contributed by atoms with Gasteiger partial charge in [0.05, 0.1) is 0 Å². The molecule has 0 heterocycles. The van der Waals surface area contributed by atoms with Crippen LogP contribution in [0.5, 0.6) is 0 Å². The van der Waals surface area contributed by atoms with E-state index in [9.17, 15) is 4.79 Å². The summed E-state index contributed by atoms with van der Waals surface area (Å²) < 4.78 is 0. The molecule has 0 saturated heterocycles. The number of rotatable bonds is 6. The van der Waals surface area contributed by atoms with Crippen molar-refractivity contribution < 1.29 is 4.79 Å². The standard InChI is InChI=1S/C13H26N2O/c1-10-6-7-12(8-10)9-15-13(16)5-3-4-11(2)14/h10-12H,3-9,14H2,1-2H3,(H,15,16). The molecule has 3 unspecified atom stereocenters. The van der Waals surface area contributed by atoms with Crippen molar-refractivity contribution >= 4 is 5.91 Å². The normalized spacial score (nSPS) is 26.7. The number of carbonyl (C=O) groups excluding carboxylic acids is 1. The quantitative estimate of drug-likeness (QED) is 0.728. The van der Waals surface area contributed by atoms with E-state index in [2.05, 4.69) is 12.2 Å². The molecule has 1 rings (SSSR count). The Labute approximate surface area is 99.2 Å². The first-order valence-electron chi connectivity index (χ1n) is 6.60. The maximum absolute atomic E-state index is 11.5. The molecule has 0 spiro atoms. The molecule has 0 aliphatic heterocycles. The highest BCUT2D eigenvalue weighted by Gasteiger charge is 2.21. The molecule has 3 heteroatoms. The fourth-order valence-corrected chi connectivity index (χ4v) is 2.44. The summed E-state index contributed by atoms with van der Waals surface area (Å²) in [5.41, 5.74) is 5.64. The predicted octanol–water partition coefficient (Wildman–Crippen LogP) is 2.06. The minimum Gasteiger partial charge on any atom is -0.356 e. The van der Waals surface area contributed by atoms with Crippen LogP contribution >= 0.6 is 0 Å². The van der Waals surface area contributed by atoms with Gasteiger partial charge in [0.25, 0.3) is 0 Å². The van der Waals surface area contributed by atoms with Gasteiger partial charge < -0.3 is 11.1 Å². The van der Waals surface area contributed by atoms with Crippen LogP contribution in [0.4, 0.5) is 0 Å². The number of hydrogen-bond donors (Lipinski definition) is 2. The molecule has 0 aromatic heterocycles. The summed E-state index contributed by atoms with van der Waals surface area (Å²) in [6.45, 7) is 5.16. The van der Waals surface area contributed by atoms with E-state index in [0.717, 1.165) is 25.3 Å². The van der Waals surface area contributed by atoms with E-state index in [0.29, 0.717) is 12.3 Å². The third kappa shape index (κ3) is 5.50. The topological polar surface area (TPSA) is 55.1 Å². The van der Waals surface area contributed by atoms with Gasteiger partial charge in [-0.1, -0.05) is 13.3 Å².